The molecule has 3 N–H and O–H groups in total. The number of amidine groups is 1. The lowest BCUT2D eigenvalue weighted by atomic mass is 10.1. The summed E-state index contributed by atoms with van der Waals surface area (Å²) in [4.78, 5) is 0. The largest absolute Gasteiger partial charge is 0.490 e. The van der Waals surface area contributed by atoms with Crippen molar-refractivity contribution in [1.29, 1.82) is 0 Å². The van der Waals surface area contributed by atoms with E-state index in [1.165, 1.54) is 0 Å². The third-order valence-electron chi connectivity index (χ3n) is 2.65. The van der Waals surface area contributed by atoms with E-state index in [-0.39, 0.29) is 5.84 Å². The highest BCUT2D eigenvalue weighted by molar-refractivity contribution is 9.10. The zero-order valence-corrected chi connectivity index (χ0v) is 13.4. The van der Waals surface area contributed by atoms with Crippen LogP contribution in [0.2, 0.25) is 0 Å². The van der Waals surface area contributed by atoms with Gasteiger partial charge in [0.1, 0.15) is 12.4 Å². The Morgan fingerprint density at radius 1 is 1.35 bits per heavy atom. The van der Waals surface area contributed by atoms with Crippen LogP contribution in [0.5, 0.6) is 5.75 Å². The van der Waals surface area contributed by atoms with Crippen LogP contribution < -0.4 is 10.5 Å². The van der Waals surface area contributed by atoms with Gasteiger partial charge in [0.15, 0.2) is 5.84 Å². The molecule has 0 saturated heterocycles. The highest BCUT2D eigenvalue weighted by Gasteiger charge is 2.09. The normalized spacial score (nSPS) is 11.9. The number of nitrogens with zero attached hydrogens (tertiary/aromatic N) is 1. The van der Waals surface area contributed by atoms with Gasteiger partial charge in [-0.2, -0.15) is 0 Å². The lowest BCUT2D eigenvalue weighted by molar-refractivity contribution is 0.0925. The van der Waals surface area contributed by atoms with E-state index < -0.39 is 0 Å². The molecule has 0 amide bonds. The van der Waals surface area contributed by atoms with Crippen LogP contribution in [0.1, 0.15) is 25.8 Å². The van der Waals surface area contributed by atoms with Crippen molar-refractivity contribution in [2.45, 2.75) is 20.3 Å². The van der Waals surface area contributed by atoms with E-state index in [0.717, 1.165) is 17.5 Å². The second-order valence-electron chi connectivity index (χ2n) is 4.77. The number of nitrogens with two attached hydrogens (primary N) is 1. The molecule has 112 valence electrons. The predicted octanol–water partition coefficient (Wildman–Crippen LogP) is 2.99. The molecule has 0 spiro atoms. The van der Waals surface area contributed by atoms with Crippen molar-refractivity contribution in [1.82, 2.24) is 0 Å². The van der Waals surface area contributed by atoms with Crippen LogP contribution in [0, 0.1) is 5.92 Å². The van der Waals surface area contributed by atoms with Gasteiger partial charge in [-0.1, -0.05) is 34.9 Å². The third-order valence-corrected chi connectivity index (χ3v) is 3.14. The van der Waals surface area contributed by atoms with Gasteiger partial charge >= 0.3 is 0 Å². The quantitative estimate of drug-likeness (QED) is 0.250. The molecule has 0 unspecified atom stereocenters. The average Bonchev–Trinajstić information content (AvgIpc) is 2.42. The molecule has 0 fully saturated rings. The van der Waals surface area contributed by atoms with Crippen molar-refractivity contribution in [3.8, 4) is 5.75 Å². The zero-order valence-electron chi connectivity index (χ0n) is 11.8. The lowest BCUT2D eigenvalue weighted by Crippen LogP contribution is -2.16. The van der Waals surface area contributed by atoms with Gasteiger partial charge in [-0.15, -0.1) is 0 Å². The molecule has 0 aliphatic rings. The molecule has 0 bridgehead atoms. The van der Waals surface area contributed by atoms with E-state index in [1.807, 2.05) is 6.07 Å². The summed E-state index contributed by atoms with van der Waals surface area (Å²) in [7, 11) is 0. The smallest absolute Gasteiger partial charge is 0.173 e. The summed E-state index contributed by atoms with van der Waals surface area (Å²) in [5, 5.41) is 11.8. The Balaban J connectivity index is 2.47. The Hall–Kier alpha value is -1.27. The number of hydrogen-bond donors (Lipinski definition) is 2. The van der Waals surface area contributed by atoms with E-state index in [4.69, 9.17) is 20.4 Å². The molecule has 1 rings (SSSR count). The maximum Gasteiger partial charge on any atom is 0.173 e. The van der Waals surface area contributed by atoms with Gasteiger partial charge < -0.3 is 20.4 Å². The summed E-state index contributed by atoms with van der Waals surface area (Å²) < 4.78 is 11.9. The van der Waals surface area contributed by atoms with Crippen LogP contribution in [0.25, 0.3) is 0 Å². The lowest BCUT2D eigenvalue weighted by Gasteiger charge is -2.11. The average molecular weight is 345 g/mol. The fourth-order valence-corrected chi connectivity index (χ4v) is 1.87. The van der Waals surface area contributed by atoms with Gasteiger partial charge in [0.25, 0.3) is 0 Å². The van der Waals surface area contributed by atoms with Gasteiger partial charge in [0.2, 0.25) is 0 Å². The van der Waals surface area contributed by atoms with Crippen molar-refractivity contribution in [3.63, 3.8) is 0 Å². The van der Waals surface area contributed by atoms with Crippen LogP contribution in [0.3, 0.4) is 0 Å². The minimum absolute atomic E-state index is 0.0158. The number of halogens is 1. The summed E-state index contributed by atoms with van der Waals surface area (Å²) in [5.74, 6) is 1.22. The summed E-state index contributed by atoms with van der Waals surface area (Å²) in [6.45, 7) is 5.98. The standard InChI is InChI=1S/C14H21BrN2O3/c1-10(2)5-6-19-7-8-20-13-4-3-11(15)9-12(13)14(16)17-18/h3-4,9-10,18H,5-8H2,1-2H3,(H2,16,17). The molecular weight excluding hydrogens is 324 g/mol. The number of ether oxygens (including phenoxy) is 2. The van der Waals surface area contributed by atoms with Crippen LogP contribution in [-0.4, -0.2) is 30.9 Å². The van der Waals surface area contributed by atoms with E-state index in [2.05, 4.69) is 34.9 Å². The maximum absolute atomic E-state index is 8.76. The minimum atomic E-state index is 0.0158. The first-order valence-electron chi connectivity index (χ1n) is 6.52. The van der Waals surface area contributed by atoms with Gasteiger partial charge in [-0.3, -0.25) is 0 Å². The highest BCUT2D eigenvalue weighted by Crippen LogP contribution is 2.23. The van der Waals surface area contributed by atoms with Crippen LogP contribution >= 0.6 is 15.9 Å². The van der Waals surface area contributed by atoms with Gasteiger partial charge in [-0.05, 0) is 30.5 Å². The summed E-state index contributed by atoms with van der Waals surface area (Å²) in [5.41, 5.74) is 6.16. The Bertz CT molecular complexity index is 450. The molecule has 0 atom stereocenters. The Morgan fingerprint density at radius 2 is 2.10 bits per heavy atom. The van der Waals surface area contributed by atoms with Crippen LogP contribution in [-0.2, 0) is 4.74 Å². The molecule has 20 heavy (non-hydrogen) atoms. The summed E-state index contributed by atoms with van der Waals surface area (Å²) >= 11 is 3.34. The zero-order chi connectivity index (χ0) is 15.0. The Morgan fingerprint density at radius 3 is 2.75 bits per heavy atom. The maximum atomic E-state index is 8.76. The molecule has 5 nitrogen and oxygen atoms in total. The molecule has 0 aromatic heterocycles. The molecule has 0 saturated carbocycles. The Labute approximate surface area is 127 Å². The van der Waals surface area contributed by atoms with Crippen molar-refractivity contribution in [3.05, 3.63) is 28.2 Å². The SMILES string of the molecule is CC(C)CCOCCOc1ccc(Br)cc1/C(N)=N/O. The third kappa shape index (κ3) is 5.79. The second kappa shape index (κ2) is 8.81. The predicted molar refractivity (Wildman–Crippen MR) is 82.4 cm³/mol. The monoisotopic (exact) mass is 344 g/mol. The van der Waals surface area contributed by atoms with E-state index in [1.54, 1.807) is 12.1 Å². The molecule has 0 aliphatic carbocycles. The molecule has 6 heteroatoms. The van der Waals surface area contributed by atoms with Crippen LogP contribution in [0.15, 0.2) is 27.8 Å². The molecule has 1 aromatic rings. The minimum Gasteiger partial charge on any atom is -0.490 e. The molecule has 0 radical (unpaired) electrons. The highest BCUT2D eigenvalue weighted by atomic mass is 79.9. The van der Waals surface area contributed by atoms with Gasteiger partial charge in [0, 0.05) is 11.1 Å². The first-order valence-corrected chi connectivity index (χ1v) is 7.32. The first kappa shape index (κ1) is 16.8. The second-order valence-corrected chi connectivity index (χ2v) is 5.68. The number of benzene rings is 1. The van der Waals surface area contributed by atoms with Crippen molar-refractivity contribution in [2.75, 3.05) is 19.8 Å². The topological polar surface area (TPSA) is 77.1 Å². The molecule has 0 aliphatic heterocycles. The Kier molecular flexibility index (Phi) is 7.40. The van der Waals surface area contributed by atoms with E-state index >= 15 is 0 Å². The van der Waals surface area contributed by atoms with Crippen molar-refractivity contribution in [2.24, 2.45) is 16.8 Å². The van der Waals surface area contributed by atoms with Gasteiger partial charge in [0.05, 0.1) is 12.2 Å². The fourth-order valence-electron chi connectivity index (χ4n) is 1.51. The van der Waals surface area contributed by atoms with E-state index in [9.17, 15) is 0 Å². The van der Waals surface area contributed by atoms with Crippen LogP contribution in [0.4, 0.5) is 0 Å². The summed E-state index contributed by atoms with van der Waals surface area (Å²) in [6, 6.07) is 5.35. The fraction of sp³-hybridized carbons (Fsp3) is 0.500. The number of rotatable bonds is 8. The number of hydrogen-bond acceptors (Lipinski definition) is 4. The van der Waals surface area contributed by atoms with E-state index in [0.29, 0.717) is 30.4 Å². The van der Waals surface area contributed by atoms with Crippen molar-refractivity contribution >= 4 is 21.8 Å². The number of oxime groups is 1. The first-order chi connectivity index (χ1) is 9.54. The van der Waals surface area contributed by atoms with Crippen molar-refractivity contribution < 1.29 is 14.7 Å². The molecular formula is C14H21BrN2O3. The summed E-state index contributed by atoms with van der Waals surface area (Å²) in [6.07, 6.45) is 1.04. The van der Waals surface area contributed by atoms with Gasteiger partial charge in [-0.25, -0.2) is 0 Å². The molecule has 1 aromatic carbocycles. The molecule has 0 heterocycles.